The summed E-state index contributed by atoms with van der Waals surface area (Å²) in [5, 5.41) is 2.84. The summed E-state index contributed by atoms with van der Waals surface area (Å²) in [5.41, 5.74) is 2.68. The van der Waals surface area contributed by atoms with Crippen LogP contribution in [0.1, 0.15) is 36.7 Å². The van der Waals surface area contributed by atoms with Gasteiger partial charge in [0.25, 0.3) is 5.91 Å². The molecule has 19 heavy (non-hydrogen) atoms. The van der Waals surface area contributed by atoms with Gasteiger partial charge in [0.15, 0.2) is 0 Å². The van der Waals surface area contributed by atoms with Crippen molar-refractivity contribution >= 4 is 11.6 Å². The number of nitrogens with zero attached hydrogens (tertiary/aromatic N) is 1. The zero-order valence-electron chi connectivity index (χ0n) is 11.7. The number of carbonyl (C=O) groups is 1. The minimum absolute atomic E-state index is 0.114. The SMILES string of the molecule is CC.CCc1ccc(NC(=O)c2ccncc2)cc1. The maximum absolute atomic E-state index is 11.8. The number of rotatable bonds is 3. The molecule has 0 aliphatic heterocycles. The Morgan fingerprint density at radius 1 is 1.05 bits per heavy atom. The quantitative estimate of drug-likeness (QED) is 0.904. The van der Waals surface area contributed by atoms with Crippen LogP contribution in [0.4, 0.5) is 5.69 Å². The van der Waals surface area contributed by atoms with Crippen LogP contribution < -0.4 is 5.32 Å². The molecule has 1 amide bonds. The van der Waals surface area contributed by atoms with Crippen molar-refractivity contribution in [3.05, 3.63) is 59.9 Å². The van der Waals surface area contributed by atoms with Gasteiger partial charge in [0.1, 0.15) is 0 Å². The summed E-state index contributed by atoms with van der Waals surface area (Å²) in [6.45, 7) is 6.10. The third-order valence-electron chi connectivity index (χ3n) is 2.56. The molecular weight excluding hydrogens is 236 g/mol. The van der Waals surface area contributed by atoms with E-state index < -0.39 is 0 Å². The van der Waals surface area contributed by atoms with Gasteiger partial charge in [0, 0.05) is 23.6 Å². The summed E-state index contributed by atoms with van der Waals surface area (Å²) in [4.78, 5) is 15.7. The number of aromatic nitrogens is 1. The summed E-state index contributed by atoms with van der Waals surface area (Å²) in [6, 6.07) is 11.2. The molecule has 0 saturated heterocycles. The van der Waals surface area contributed by atoms with Gasteiger partial charge in [-0.2, -0.15) is 0 Å². The van der Waals surface area contributed by atoms with Crippen LogP contribution in [0.25, 0.3) is 0 Å². The lowest BCUT2D eigenvalue weighted by molar-refractivity contribution is 0.102. The number of amides is 1. The van der Waals surface area contributed by atoms with Crippen LogP contribution in [0.5, 0.6) is 0 Å². The summed E-state index contributed by atoms with van der Waals surface area (Å²) < 4.78 is 0. The standard InChI is InChI=1S/C14H14N2O.C2H6/c1-2-11-3-5-13(6-4-11)16-14(17)12-7-9-15-10-8-12;1-2/h3-10H,2H2,1H3,(H,16,17);1-2H3. The Balaban J connectivity index is 0.000000861. The molecule has 0 unspecified atom stereocenters. The number of carbonyl (C=O) groups excluding carboxylic acids is 1. The fraction of sp³-hybridized carbons (Fsp3) is 0.250. The van der Waals surface area contributed by atoms with Crippen LogP contribution in [0.2, 0.25) is 0 Å². The molecule has 0 fully saturated rings. The molecule has 1 heterocycles. The minimum Gasteiger partial charge on any atom is -0.322 e. The van der Waals surface area contributed by atoms with Gasteiger partial charge in [-0.15, -0.1) is 0 Å². The second-order valence-electron chi connectivity index (χ2n) is 3.74. The van der Waals surface area contributed by atoms with Crippen LogP contribution in [0, 0.1) is 0 Å². The van der Waals surface area contributed by atoms with Gasteiger partial charge >= 0.3 is 0 Å². The Bertz CT molecular complexity index is 492. The van der Waals surface area contributed by atoms with Crippen molar-refractivity contribution < 1.29 is 4.79 Å². The van der Waals surface area contributed by atoms with Crippen LogP contribution in [-0.4, -0.2) is 10.9 Å². The number of aryl methyl sites for hydroxylation is 1. The first-order valence-electron chi connectivity index (χ1n) is 6.60. The Morgan fingerprint density at radius 3 is 2.16 bits per heavy atom. The van der Waals surface area contributed by atoms with Crippen molar-refractivity contribution in [2.24, 2.45) is 0 Å². The number of hydrogen-bond donors (Lipinski definition) is 1. The van der Waals surface area contributed by atoms with E-state index in [1.165, 1.54) is 5.56 Å². The highest BCUT2D eigenvalue weighted by Gasteiger charge is 2.04. The van der Waals surface area contributed by atoms with Crippen molar-refractivity contribution in [2.45, 2.75) is 27.2 Å². The maximum atomic E-state index is 11.8. The first-order chi connectivity index (χ1) is 9.29. The molecule has 2 aromatic rings. The van der Waals surface area contributed by atoms with Gasteiger partial charge in [-0.05, 0) is 36.2 Å². The summed E-state index contributed by atoms with van der Waals surface area (Å²) in [6.07, 6.45) is 4.21. The van der Waals surface area contributed by atoms with Crippen LogP contribution in [-0.2, 0) is 6.42 Å². The molecule has 0 saturated carbocycles. The lowest BCUT2D eigenvalue weighted by atomic mass is 10.1. The Labute approximate surface area is 114 Å². The number of hydrogen-bond acceptors (Lipinski definition) is 2. The molecule has 3 heteroatoms. The Morgan fingerprint density at radius 2 is 1.63 bits per heavy atom. The van der Waals surface area contributed by atoms with Crippen LogP contribution in [0.15, 0.2) is 48.8 Å². The first kappa shape index (κ1) is 14.9. The minimum atomic E-state index is -0.114. The van der Waals surface area contributed by atoms with Gasteiger partial charge in [-0.1, -0.05) is 32.9 Å². The topological polar surface area (TPSA) is 42.0 Å². The predicted molar refractivity (Wildman–Crippen MR) is 79.4 cm³/mol. The third-order valence-corrected chi connectivity index (χ3v) is 2.56. The molecule has 0 aliphatic carbocycles. The van der Waals surface area contributed by atoms with Crippen molar-refractivity contribution in [1.29, 1.82) is 0 Å². The highest BCUT2D eigenvalue weighted by atomic mass is 16.1. The second-order valence-corrected chi connectivity index (χ2v) is 3.74. The Hall–Kier alpha value is -2.16. The fourth-order valence-electron chi connectivity index (χ4n) is 1.53. The maximum Gasteiger partial charge on any atom is 0.255 e. The van der Waals surface area contributed by atoms with Crippen molar-refractivity contribution in [2.75, 3.05) is 5.32 Å². The molecule has 100 valence electrons. The summed E-state index contributed by atoms with van der Waals surface area (Å²) in [5.74, 6) is -0.114. The largest absolute Gasteiger partial charge is 0.322 e. The van der Waals surface area contributed by atoms with Crippen molar-refractivity contribution in [1.82, 2.24) is 4.98 Å². The van der Waals surface area contributed by atoms with Gasteiger partial charge in [0.2, 0.25) is 0 Å². The average Bonchev–Trinajstić information content (AvgIpc) is 2.51. The van der Waals surface area contributed by atoms with E-state index in [9.17, 15) is 4.79 Å². The van der Waals surface area contributed by atoms with E-state index in [-0.39, 0.29) is 5.91 Å². The summed E-state index contributed by atoms with van der Waals surface area (Å²) in [7, 11) is 0. The molecule has 1 N–H and O–H groups in total. The summed E-state index contributed by atoms with van der Waals surface area (Å²) >= 11 is 0. The molecule has 0 aliphatic rings. The predicted octanol–water partition coefficient (Wildman–Crippen LogP) is 3.92. The molecule has 0 spiro atoms. The van der Waals surface area contributed by atoms with Gasteiger partial charge in [-0.25, -0.2) is 0 Å². The van der Waals surface area contributed by atoms with E-state index in [0.717, 1.165) is 12.1 Å². The fourth-order valence-corrected chi connectivity index (χ4v) is 1.53. The molecule has 2 rings (SSSR count). The van der Waals surface area contributed by atoms with E-state index in [4.69, 9.17) is 0 Å². The van der Waals surface area contributed by atoms with Crippen molar-refractivity contribution in [3.8, 4) is 0 Å². The lowest BCUT2D eigenvalue weighted by Crippen LogP contribution is -2.11. The number of pyridine rings is 1. The normalized spacial score (nSPS) is 9.21. The highest BCUT2D eigenvalue weighted by Crippen LogP contribution is 2.11. The van der Waals surface area contributed by atoms with Crippen LogP contribution >= 0.6 is 0 Å². The number of nitrogens with one attached hydrogen (secondary N) is 1. The van der Waals surface area contributed by atoms with E-state index in [2.05, 4.69) is 17.2 Å². The molecule has 1 aromatic heterocycles. The van der Waals surface area contributed by atoms with Crippen LogP contribution in [0.3, 0.4) is 0 Å². The van der Waals surface area contributed by atoms with Gasteiger partial charge < -0.3 is 5.32 Å². The third kappa shape index (κ3) is 4.54. The van der Waals surface area contributed by atoms with E-state index >= 15 is 0 Å². The van der Waals surface area contributed by atoms with E-state index in [1.54, 1.807) is 24.5 Å². The zero-order valence-corrected chi connectivity index (χ0v) is 11.7. The average molecular weight is 256 g/mol. The zero-order chi connectivity index (χ0) is 14.1. The number of benzene rings is 1. The molecular formula is C16H20N2O. The highest BCUT2D eigenvalue weighted by molar-refractivity contribution is 6.04. The van der Waals surface area contributed by atoms with Crippen molar-refractivity contribution in [3.63, 3.8) is 0 Å². The smallest absolute Gasteiger partial charge is 0.255 e. The molecule has 3 nitrogen and oxygen atoms in total. The molecule has 0 atom stereocenters. The first-order valence-corrected chi connectivity index (χ1v) is 6.60. The monoisotopic (exact) mass is 256 g/mol. The van der Waals surface area contributed by atoms with E-state index in [1.807, 2.05) is 38.1 Å². The van der Waals surface area contributed by atoms with Gasteiger partial charge in [0.05, 0.1) is 0 Å². The van der Waals surface area contributed by atoms with Gasteiger partial charge in [-0.3, -0.25) is 9.78 Å². The Kier molecular flexibility index (Phi) is 6.30. The molecule has 0 bridgehead atoms. The molecule has 1 aromatic carbocycles. The lowest BCUT2D eigenvalue weighted by Gasteiger charge is -2.05. The number of anilines is 1. The molecule has 0 radical (unpaired) electrons. The second kappa shape index (κ2) is 8.03. The van der Waals surface area contributed by atoms with E-state index in [0.29, 0.717) is 5.56 Å².